The summed E-state index contributed by atoms with van der Waals surface area (Å²) in [5.74, 6) is -0.347. The molecule has 0 aliphatic heterocycles. The van der Waals surface area contributed by atoms with Crippen LogP contribution in [0.4, 0.5) is 0 Å². The van der Waals surface area contributed by atoms with E-state index in [0.717, 1.165) is 22.1 Å². The van der Waals surface area contributed by atoms with Crippen LogP contribution in [0.3, 0.4) is 0 Å². The minimum Gasteiger partial charge on any atom is -0.477 e. The molecule has 2 heterocycles. The minimum atomic E-state index is -1.04. The average molecular weight is 253 g/mol. The second-order valence-electron chi connectivity index (χ2n) is 4.34. The van der Waals surface area contributed by atoms with Crippen molar-refractivity contribution in [3.05, 3.63) is 53.9 Å². The lowest BCUT2D eigenvalue weighted by atomic mass is 10.1. The number of carbonyl (C=O) groups is 1. The Bertz CT molecular complexity index is 757. The lowest BCUT2D eigenvalue weighted by molar-refractivity contribution is 0.0690. The molecule has 4 nitrogen and oxygen atoms in total. The number of fused-ring (bicyclic) bond motifs is 1. The van der Waals surface area contributed by atoms with Gasteiger partial charge in [-0.1, -0.05) is 18.2 Å². The van der Waals surface area contributed by atoms with Crippen molar-refractivity contribution in [3.8, 4) is 11.3 Å². The second kappa shape index (κ2) is 4.24. The molecule has 3 rings (SSSR count). The van der Waals surface area contributed by atoms with Gasteiger partial charge in [0, 0.05) is 17.1 Å². The standard InChI is InChI=1S/C15H11NO3/c1-9-3-2-4-10-7-13(19-14(9)10)11-5-6-12(15(17)18)16-8-11/h2-8H,1H3,(H,17,18). The van der Waals surface area contributed by atoms with E-state index in [1.165, 1.54) is 12.3 Å². The summed E-state index contributed by atoms with van der Waals surface area (Å²) >= 11 is 0. The van der Waals surface area contributed by atoms with Crippen molar-refractivity contribution in [1.29, 1.82) is 0 Å². The first-order valence-corrected chi connectivity index (χ1v) is 5.84. The topological polar surface area (TPSA) is 63.3 Å². The van der Waals surface area contributed by atoms with Gasteiger partial charge in [-0.05, 0) is 30.7 Å². The number of aromatic nitrogens is 1. The van der Waals surface area contributed by atoms with Gasteiger partial charge in [-0.3, -0.25) is 0 Å². The summed E-state index contributed by atoms with van der Waals surface area (Å²) in [6.45, 7) is 1.99. The maximum Gasteiger partial charge on any atom is 0.354 e. The van der Waals surface area contributed by atoms with Crippen LogP contribution in [0.1, 0.15) is 16.1 Å². The van der Waals surface area contributed by atoms with E-state index in [1.54, 1.807) is 6.07 Å². The summed E-state index contributed by atoms with van der Waals surface area (Å²) in [7, 11) is 0. The van der Waals surface area contributed by atoms with E-state index < -0.39 is 5.97 Å². The van der Waals surface area contributed by atoms with E-state index >= 15 is 0 Å². The number of nitrogens with zero attached hydrogens (tertiary/aromatic N) is 1. The molecule has 94 valence electrons. The number of carboxylic acids is 1. The van der Waals surface area contributed by atoms with Crippen molar-refractivity contribution >= 4 is 16.9 Å². The molecular weight excluding hydrogens is 242 g/mol. The molecule has 0 fully saturated rings. The average Bonchev–Trinajstić information content (AvgIpc) is 2.84. The van der Waals surface area contributed by atoms with Crippen LogP contribution in [-0.4, -0.2) is 16.1 Å². The van der Waals surface area contributed by atoms with E-state index in [1.807, 2.05) is 31.2 Å². The molecule has 0 radical (unpaired) electrons. The third kappa shape index (κ3) is 1.97. The molecule has 0 unspecified atom stereocenters. The van der Waals surface area contributed by atoms with Gasteiger partial charge in [0.05, 0.1) is 0 Å². The maximum absolute atomic E-state index is 10.7. The van der Waals surface area contributed by atoms with Crippen molar-refractivity contribution in [2.24, 2.45) is 0 Å². The van der Waals surface area contributed by atoms with Gasteiger partial charge in [0.15, 0.2) is 0 Å². The highest BCUT2D eigenvalue weighted by Gasteiger charge is 2.09. The molecule has 4 heteroatoms. The number of pyridine rings is 1. The Morgan fingerprint density at radius 2 is 2.11 bits per heavy atom. The Labute approximate surface area is 109 Å². The van der Waals surface area contributed by atoms with Crippen molar-refractivity contribution in [2.45, 2.75) is 6.92 Å². The third-order valence-electron chi connectivity index (χ3n) is 3.01. The van der Waals surface area contributed by atoms with Crippen molar-refractivity contribution in [3.63, 3.8) is 0 Å². The first-order chi connectivity index (χ1) is 9.15. The molecular formula is C15H11NO3. The van der Waals surface area contributed by atoms with Gasteiger partial charge < -0.3 is 9.52 Å². The highest BCUT2D eigenvalue weighted by atomic mass is 16.4. The number of hydrogen-bond acceptors (Lipinski definition) is 3. The van der Waals surface area contributed by atoms with Crippen LogP contribution in [0.2, 0.25) is 0 Å². The molecule has 3 aromatic rings. The molecule has 0 atom stereocenters. The lowest BCUT2D eigenvalue weighted by Crippen LogP contribution is -1.98. The fourth-order valence-corrected chi connectivity index (χ4v) is 2.02. The Morgan fingerprint density at radius 1 is 1.26 bits per heavy atom. The maximum atomic E-state index is 10.7. The molecule has 19 heavy (non-hydrogen) atoms. The first-order valence-electron chi connectivity index (χ1n) is 5.84. The van der Waals surface area contributed by atoms with Crippen molar-refractivity contribution < 1.29 is 14.3 Å². The molecule has 0 aliphatic carbocycles. The van der Waals surface area contributed by atoms with Crippen molar-refractivity contribution in [1.82, 2.24) is 4.98 Å². The third-order valence-corrected chi connectivity index (χ3v) is 3.01. The summed E-state index contributed by atoms with van der Waals surface area (Å²) in [5, 5.41) is 9.84. The Hall–Kier alpha value is -2.62. The highest BCUT2D eigenvalue weighted by Crippen LogP contribution is 2.29. The Morgan fingerprint density at radius 3 is 2.74 bits per heavy atom. The SMILES string of the molecule is Cc1cccc2cc(-c3ccc(C(=O)O)nc3)oc12. The van der Waals surface area contributed by atoms with E-state index in [0.29, 0.717) is 5.76 Å². The summed E-state index contributed by atoms with van der Waals surface area (Å²) in [6, 6.07) is 11.0. The van der Waals surface area contributed by atoms with Crippen LogP contribution in [-0.2, 0) is 0 Å². The van der Waals surface area contributed by atoms with Crippen LogP contribution in [0.5, 0.6) is 0 Å². The zero-order valence-corrected chi connectivity index (χ0v) is 10.3. The van der Waals surface area contributed by atoms with Gasteiger partial charge in [0.25, 0.3) is 0 Å². The number of carboxylic acid groups (broad SMARTS) is 1. The van der Waals surface area contributed by atoms with Gasteiger partial charge in [0.1, 0.15) is 17.0 Å². The fraction of sp³-hybridized carbons (Fsp3) is 0.0667. The summed E-state index contributed by atoms with van der Waals surface area (Å²) < 4.78 is 5.80. The minimum absolute atomic E-state index is 0.0241. The molecule has 0 amide bonds. The van der Waals surface area contributed by atoms with E-state index in [2.05, 4.69) is 4.98 Å². The zero-order chi connectivity index (χ0) is 13.4. The fourth-order valence-electron chi connectivity index (χ4n) is 2.02. The second-order valence-corrected chi connectivity index (χ2v) is 4.34. The number of benzene rings is 1. The molecule has 0 aliphatic rings. The van der Waals surface area contributed by atoms with Gasteiger partial charge in [-0.2, -0.15) is 0 Å². The number of para-hydroxylation sites is 1. The summed E-state index contributed by atoms with van der Waals surface area (Å²) in [6.07, 6.45) is 1.51. The van der Waals surface area contributed by atoms with E-state index in [9.17, 15) is 4.79 Å². The van der Waals surface area contributed by atoms with Gasteiger partial charge >= 0.3 is 5.97 Å². The van der Waals surface area contributed by atoms with Crippen molar-refractivity contribution in [2.75, 3.05) is 0 Å². The molecule has 1 N–H and O–H groups in total. The largest absolute Gasteiger partial charge is 0.477 e. The molecule has 0 saturated carbocycles. The Balaban J connectivity index is 2.09. The zero-order valence-electron chi connectivity index (χ0n) is 10.3. The number of aryl methyl sites for hydroxylation is 1. The van der Waals surface area contributed by atoms with Gasteiger partial charge in [-0.15, -0.1) is 0 Å². The van der Waals surface area contributed by atoms with Crippen LogP contribution in [0, 0.1) is 6.92 Å². The number of rotatable bonds is 2. The quantitative estimate of drug-likeness (QED) is 0.759. The molecule has 0 bridgehead atoms. The number of furan rings is 1. The van der Waals surface area contributed by atoms with E-state index in [-0.39, 0.29) is 5.69 Å². The predicted octanol–water partition coefficient (Wildman–Crippen LogP) is 3.50. The summed E-state index contributed by atoms with van der Waals surface area (Å²) in [5.41, 5.74) is 2.70. The number of aromatic carboxylic acids is 1. The van der Waals surface area contributed by atoms with Crippen LogP contribution in [0.15, 0.2) is 47.0 Å². The van der Waals surface area contributed by atoms with Gasteiger partial charge in [-0.25, -0.2) is 9.78 Å². The predicted molar refractivity (Wildman–Crippen MR) is 71.1 cm³/mol. The first kappa shape index (κ1) is 11.5. The highest BCUT2D eigenvalue weighted by molar-refractivity contribution is 5.87. The normalized spacial score (nSPS) is 10.8. The number of hydrogen-bond donors (Lipinski definition) is 1. The lowest BCUT2D eigenvalue weighted by Gasteiger charge is -1.97. The monoisotopic (exact) mass is 253 g/mol. The van der Waals surface area contributed by atoms with Gasteiger partial charge in [0.2, 0.25) is 0 Å². The Kier molecular flexibility index (Phi) is 2.56. The molecule has 0 spiro atoms. The van der Waals surface area contributed by atoms with E-state index in [4.69, 9.17) is 9.52 Å². The van der Waals surface area contributed by atoms with Crippen LogP contribution >= 0.6 is 0 Å². The summed E-state index contributed by atoms with van der Waals surface area (Å²) in [4.78, 5) is 14.6. The smallest absolute Gasteiger partial charge is 0.354 e. The van der Waals surface area contributed by atoms with Crippen LogP contribution < -0.4 is 0 Å². The molecule has 1 aromatic carbocycles. The van der Waals surface area contributed by atoms with Crippen LogP contribution in [0.25, 0.3) is 22.3 Å². The molecule has 0 saturated heterocycles. The molecule has 2 aromatic heterocycles.